The lowest BCUT2D eigenvalue weighted by molar-refractivity contribution is -0.158. The molecule has 2 aromatic heterocycles. The maximum absolute atomic E-state index is 12.5. The van der Waals surface area contributed by atoms with Crippen LogP contribution in [-0.2, 0) is 22.6 Å². The monoisotopic (exact) mass is 318 g/mol. The highest BCUT2D eigenvalue weighted by Crippen LogP contribution is 2.20. The molecule has 0 aliphatic carbocycles. The fraction of sp³-hybridized carbons (Fsp3) is 0.600. The molecule has 0 N–H and O–H groups in total. The van der Waals surface area contributed by atoms with Crippen LogP contribution < -0.4 is 0 Å². The van der Waals surface area contributed by atoms with Gasteiger partial charge in [0.2, 0.25) is 5.91 Å². The van der Waals surface area contributed by atoms with E-state index in [0.717, 1.165) is 5.69 Å². The van der Waals surface area contributed by atoms with Gasteiger partial charge in [0.05, 0.1) is 24.4 Å². The first-order chi connectivity index (χ1) is 10.9. The van der Waals surface area contributed by atoms with E-state index in [1.807, 2.05) is 37.9 Å². The lowest BCUT2D eigenvalue weighted by atomic mass is 10.1. The van der Waals surface area contributed by atoms with E-state index in [0.29, 0.717) is 19.6 Å². The molecule has 1 fully saturated rings. The lowest BCUT2D eigenvalue weighted by Gasteiger charge is -2.41. The fourth-order valence-corrected chi connectivity index (χ4v) is 2.93. The zero-order chi connectivity index (χ0) is 16.4. The molecule has 1 amide bonds. The number of nitrogens with zero attached hydrogens (tertiary/aromatic N) is 6. The average Bonchev–Trinajstić information content (AvgIpc) is 3.09. The van der Waals surface area contributed by atoms with Crippen molar-refractivity contribution >= 4 is 5.91 Å². The van der Waals surface area contributed by atoms with Crippen molar-refractivity contribution < 1.29 is 9.53 Å². The Morgan fingerprint density at radius 3 is 2.96 bits per heavy atom. The van der Waals surface area contributed by atoms with Gasteiger partial charge in [0, 0.05) is 25.5 Å². The first kappa shape index (κ1) is 15.7. The van der Waals surface area contributed by atoms with Crippen molar-refractivity contribution in [1.29, 1.82) is 0 Å². The predicted octanol–water partition coefficient (Wildman–Crippen LogP) is 0.549. The summed E-state index contributed by atoms with van der Waals surface area (Å²) in [6, 6.07) is 1.86. The molecule has 8 nitrogen and oxygen atoms in total. The SMILES string of the molecule is CC1CN(C(=O)Cn2cc(Cn3cccn3)nn2)CC(C)(C)O1. The van der Waals surface area contributed by atoms with E-state index < -0.39 is 0 Å². The minimum absolute atomic E-state index is 0.0313. The van der Waals surface area contributed by atoms with E-state index >= 15 is 0 Å². The number of morpholine rings is 1. The van der Waals surface area contributed by atoms with Gasteiger partial charge in [0.1, 0.15) is 12.2 Å². The third-order valence-electron chi connectivity index (χ3n) is 3.69. The highest BCUT2D eigenvalue weighted by Gasteiger charge is 2.33. The number of rotatable bonds is 4. The molecule has 1 aliphatic heterocycles. The van der Waals surface area contributed by atoms with E-state index in [4.69, 9.17) is 4.74 Å². The van der Waals surface area contributed by atoms with Crippen molar-refractivity contribution in [1.82, 2.24) is 29.7 Å². The highest BCUT2D eigenvalue weighted by molar-refractivity contribution is 5.76. The van der Waals surface area contributed by atoms with Crippen molar-refractivity contribution in [2.24, 2.45) is 0 Å². The Morgan fingerprint density at radius 2 is 2.26 bits per heavy atom. The molecule has 1 aliphatic rings. The van der Waals surface area contributed by atoms with E-state index in [-0.39, 0.29) is 24.2 Å². The van der Waals surface area contributed by atoms with E-state index in [9.17, 15) is 4.79 Å². The van der Waals surface area contributed by atoms with Crippen LogP contribution in [-0.4, -0.2) is 60.4 Å². The summed E-state index contributed by atoms with van der Waals surface area (Å²) >= 11 is 0. The van der Waals surface area contributed by atoms with Crippen LogP contribution in [0.1, 0.15) is 26.5 Å². The third-order valence-corrected chi connectivity index (χ3v) is 3.69. The van der Waals surface area contributed by atoms with Crippen LogP contribution in [0.15, 0.2) is 24.7 Å². The van der Waals surface area contributed by atoms with E-state index in [1.165, 1.54) is 0 Å². The second-order valence-corrected chi connectivity index (χ2v) is 6.57. The molecule has 0 aromatic carbocycles. The Hall–Kier alpha value is -2.22. The molecular formula is C15H22N6O2. The molecule has 124 valence electrons. The molecule has 2 aromatic rings. The number of carbonyl (C=O) groups is 1. The predicted molar refractivity (Wildman–Crippen MR) is 82.6 cm³/mol. The quantitative estimate of drug-likeness (QED) is 0.822. The number of amides is 1. The molecule has 1 atom stereocenters. The number of ether oxygens (including phenoxy) is 1. The zero-order valence-electron chi connectivity index (χ0n) is 13.7. The van der Waals surface area contributed by atoms with Gasteiger partial charge < -0.3 is 9.64 Å². The Labute approximate surface area is 135 Å². The first-order valence-electron chi connectivity index (χ1n) is 7.73. The number of aromatic nitrogens is 5. The van der Waals surface area contributed by atoms with Gasteiger partial charge in [-0.05, 0) is 26.8 Å². The minimum Gasteiger partial charge on any atom is -0.369 e. The Kier molecular flexibility index (Phi) is 4.16. The molecular weight excluding hydrogens is 296 g/mol. The molecule has 1 saturated heterocycles. The summed E-state index contributed by atoms with van der Waals surface area (Å²) in [6.07, 6.45) is 5.40. The van der Waals surface area contributed by atoms with Crippen LogP contribution in [0.25, 0.3) is 0 Å². The van der Waals surface area contributed by atoms with Gasteiger partial charge in [0.15, 0.2) is 0 Å². The van der Waals surface area contributed by atoms with Gasteiger partial charge >= 0.3 is 0 Å². The molecule has 8 heteroatoms. The van der Waals surface area contributed by atoms with Crippen LogP contribution >= 0.6 is 0 Å². The van der Waals surface area contributed by atoms with Crippen molar-refractivity contribution in [3.05, 3.63) is 30.4 Å². The number of hydrogen-bond acceptors (Lipinski definition) is 5. The number of carbonyl (C=O) groups excluding carboxylic acids is 1. The van der Waals surface area contributed by atoms with Crippen LogP contribution in [0.3, 0.4) is 0 Å². The number of hydrogen-bond donors (Lipinski definition) is 0. The van der Waals surface area contributed by atoms with Crippen LogP contribution in [0.2, 0.25) is 0 Å². The molecule has 0 saturated carbocycles. The molecule has 3 rings (SSSR count). The summed E-state index contributed by atoms with van der Waals surface area (Å²) in [5.74, 6) is 0.0313. The highest BCUT2D eigenvalue weighted by atomic mass is 16.5. The van der Waals surface area contributed by atoms with E-state index in [2.05, 4.69) is 15.4 Å². The Bertz CT molecular complexity index is 663. The molecule has 0 radical (unpaired) electrons. The summed E-state index contributed by atoms with van der Waals surface area (Å²) in [5, 5.41) is 12.3. The first-order valence-corrected chi connectivity index (χ1v) is 7.73. The molecule has 0 spiro atoms. The summed E-state index contributed by atoms with van der Waals surface area (Å²) in [5.41, 5.74) is 0.457. The van der Waals surface area contributed by atoms with Crippen LogP contribution in [0, 0.1) is 0 Å². The van der Waals surface area contributed by atoms with Gasteiger partial charge in [-0.25, -0.2) is 4.68 Å². The van der Waals surface area contributed by atoms with Gasteiger partial charge in [0.25, 0.3) is 0 Å². The summed E-state index contributed by atoms with van der Waals surface area (Å²) in [7, 11) is 0. The van der Waals surface area contributed by atoms with Crippen molar-refractivity contribution in [3.63, 3.8) is 0 Å². The second kappa shape index (κ2) is 6.11. The van der Waals surface area contributed by atoms with Crippen LogP contribution in [0.5, 0.6) is 0 Å². The topological polar surface area (TPSA) is 78.1 Å². The largest absolute Gasteiger partial charge is 0.369 e. The Morgan fingerprint density at radius 1 is 1.43 bits per heavy atom. The summed E-state index contributed by atoms with van der Waals surface area (Å²) < 4.78 is 9.17. The normalized spacial score (nSPS) is 20.7. The fourth-order valence-electron chi connectivity index (χ4n) is 2.93. The Balaban J connectivity index is 1.60. The van der Waals surface area contributed by atoms with E-state index in [1.54, 1.807) is 21.8 Å². The molecule has 0 bridgehead atoms. The standard InChI is InChI=1S/C15H22N6O2/c1-12-7-19(11-15(2,3)23-12)14(22)10-21-9-13(17-18-21)8-20-6-4-5-16-20/h4-6,9,12H,7-8,10-11H2,1-3H3. The van der Waals surface area contributed by atoms with Crippen molar-refractivity contribution in [2.45, 2.75) is 45.6 Å². The smallest absolute Gasteiger partial charge is 0.244 e. The molecule has 23 heavy (non-hydrogen) atoms. The average molecular weight is 318 g/mol. The molecule has 3 heterocycles. The van der Waals surface area contributed by atoms with Crippen LogP contribution in [0.4, 0.5) is 0 Å². The zero-order valence-corrected chi connectivity index (χ0v) is 13.7. The maximum atomic E-state index is 12.5. The van der Waals surface area contributed by atoms with Gasteiger partial charge in [-0.15, -0.1) is 5.10 Å². The summed E-state index contributed by atoms with van der Waals surface area (Å²) in [6.45, 7) is 7.92. The third kappa shape index (κ3) is 3.95. The van der Waals surface area contributed by atoms with Crippen molar-refractivity contribution in [3.8, 4) is 0 Å². The van der Waals surface area contributed by atoms with Gasteiger partial charge in [-0.2, -0.15) is 5.10 Å². The maximum Gasteiger partial charge on any atom is 0.244 e. The van der Waals surface area contributed by atoms with Gasteiger partial charge in [-0.1, -0.05) is 5.21 Å². The molecule has 1 unspecified atom stereocenters. The lowest BCUT2D eigenvalue weighted by Crippen LogP contribution is -2.54. The van der Waals surface area contributed by atoms with Gasteiger partial charge in [-0.3, -0.25) is 9.48 Å². The second-order valence-electron chi connectivity index (χ2n) is 6.57. The summed E-state index contributed by atoms with van der Waals surface area (Å²) in [4.78, 5) is 14.3. The van der Waals surface area contributed by atoms with Crippen molar-refractivity contribution in [2.75, 3.05) is 13.1 Å². The minimum atomic E-state index is -0.319.